The SMILES string of the molecule is c1ccc(N(c2ccc(-c3cccc4ccccc34)cc2)c2ccc(-c3cccc4c3oc3ccccc34)cc2)c(-c2cccc3sc4ccccc4c23)c1. The second-order valence-electron chi connectivity index (χ2n) is 14.0. The van der Waals surface area contributed by atoms with E-state index in [2.05, 4.69) is 193 Å². The molecule has 0 fully saturated rings. The zero-order chi connectivity index (χ0) is 36.3. The Morgan fingerprint density at radius 3 is 1.75 bits per heavy atom. The number of rotatable bonds is 6. The molecule has 258 valence electrons. The lowest BCUT2D eigenvalue weighted by Crippen LogP contribution is -2.11. The van der Waals surface area contributed by atoms with Gasteiger partial charge < -0.3 is 9.32 Å². The van der Waals surface area contributed by atoms with Crippen molar-refractivity contribution in [2.24, 2.45) is 0 Å². The van der Waals surface area contributed by atoms with Crippen LogP contribution in [0.25, 0.3) is 86.3 Å². The second-order valence-corrected chi connectivity index (χ2v) is 15.1. The molecule has 0 radical (unpaired) electrons. The van der Waals surface area contributed by atoms with Crippen LogP contribution >= 0.6 is 11.3 Å². The Balaban J connectivity index is 1.08. The topological polar surface area (TPSA) is 16.4 Å². The van der Waals surface area contributed by atoms with E-state index in [9.17, 15) is 0 Å². The van der Waals surface area contributed by atoms with Gasteiger partial charge in [0.25, 0.3) is 0 Å². The maximum Gasteiger partial charge on any atom is 0.143 e. The molecule has 2 aromatic heterocycles. The second kappa shape index (κ2) is 12.9. The van der Waals surface area contributed by atoms with Gasteiger partial charge in [-0.2, -0.15) is 0 Å². The van der Waals surface area contributed by atoms with Crippen LogP contribution in [0.3, 0.4) is 0 Å². The standard InChI is InChI=1S/C52H33NOS/c1-2-14-39-34(12-1)13-9-18-40(39)35-26-30-37(31-27-35)53(38-32-28-36(29-33-38)41-19-10-21-45-43-16-4-7-23-48(43)54-52(41)45)47-22-6-3-15-42(47)44-20-11-25-50-51(44)46-17-5-8-24-49(46)55-50/h1-33H. The van der Waals surface area contributed by atoms with Crippen molar-refractivity contribution in [3.8, 4) is 33.4 Å². The molecule has 0 saturated carbocycles. The molecule has 11 rings (SSSR count). The average molecular weight is 720 g/mol. The van der Waals surface area contributed by atoms with Crippen LogP contribution in [-0.4, -0.2) is 0 Å². The summed E-state index contributed by atoms with van der Waals surface area (Å²) in [6.45, 7) is 0. The highest BCUT2D eigenvalue weighted by atomic mass is 32.1. The molecule has 0 aliphatic heterocycles. The summed E-state index contributed by atoms with van der Waals surface area (Å²) < 4.78 is 9.04. The van der Waals surface area contributed by atoms with Crippen molar-refractivity contribution in [3.63, 3.8) is 0 Å². The van der Waals surface area contributed by atoms with E-state index in [4.69, 9.17) is 4.42 Å². The molecular weight excluding hydrogens is 687 g/mol. The lowest BCUT2D eigenvalue weighted by molar-refractivity contribution is 0.670. The van der Waals surface area contributed by atoms with Crippen LogP contribution in [0.4, 0.5) is 17.1 Å². The normalized spacial score (nSPS) is 11.6. The van der Waals surface area contributed by atoms with Crippen molar-refractivity contribution >= 4 is 81.3 Å². The summed E-state index contributed by atoms with van der Waals surface area (Å²) in [6.07, 6.45) is 0. The molecule has 0 N–H and O–H groups in total. The Morgan fingerprint density at radius 2 is 0.909 bits per heavy atom. The van der Waals surface area contributed by atoms with Crippen LogP contribution in [0.2, 0.25) is 0 Å². The summed E-state index contributed by atoms with van der Waals surface area (Å²) in [6, 6.07) is 72.2. The van der Waals surface area contributed by atoms with Gasteiger partial charge in [-0.05, 0) is 81.6 Å². The van der Waals surface area contributed by atoms with Crippen molar-refractivity contribution in [2.45, 2.75) is 0 Å². The fourth-order valence-electron chi connectivity index (χ4n) is 8.35. The first kappa shape index (κ1) is 31.6. The Morgan fingerprint density at radius 1 is 0.364 bits per heavy atom. The van der Waals surface area contributed by atoms with Crippen LogP contribution in [0.15, 0.2) is 205 Å². The summed E-state index contributed by atoms with van der Waals surface area (Å²) in [7, 11) is 0. The van der Waals surface area contributed by atoms with E-state index in [1.807, 2.05) is 23.5 Å². The number of anilines is 3. The Hall–Kier alpha value is -6.94. The molecule has 0 atom stereocenters. The zero-order valence-corrected chi connectivity index (χ0v) is 30.6. The van der Waals surface area contributed by atoms with Crippen molar-refractivity contribution in [2.75, 3.05) is 4.90 Å². The van der Waals surface area contributed by atoms with Crippen LogP contribution in [0, 0.1) is 0 Å². The molecule has 0 saturated heterocycles. The third-order valence-corrected chi connectivity index (χ3v) is 12.0. The number of furan rings is 1. The molecule has 55 heavy (non-hydrogen) atoms. The van der Waals surface area contributed by atoms with Crippen LogP contribution in [0.5, 0.6) is 0 Å². The van der Waals surface area contributed by atoms with E-state index in [0.717, 1.165) is 50.1 Å². The first-order valence-electron chi connectivity index (χ1n) is 18.7. The smallest absolute Gasteiger partial charge is 0.143 e. The highest BCUT2D eigenvalue weighted by molar-refractivity contribution is 7.25. The van der Waals surface area contributed by atoms with Gasteiger partial charge in [-0.15, -0.1) is 11.3 Å². The highest BCUT2D eigenvalue weighted by Gasteiger charge is 2.21. The summed E-state index contributed by atoms with van der Waals surface area (Å²) in [5.41, 5.74) is 12.2. The maximum absolute atomic E-state index is 6.44. The summed E-state index contributed by atoms with van der Waals surface area (Å²) in [4.78, 5) is 2.40. The molecule has 0 aliphatic carbocycles. The average Bonchev–Trinajstić information content (AvgIpc) is 3.83. The number of para-hydroxylation sites is 3. The monoisotopic (exact) mass is 719 g/mol. The molecule has 0 unspecified atom stereocenters. The number of nitrogens with zero attached hydrogens (tertiary/aromatic N) is 1. The van der Waals surface area contributed by atoms with Gasteiger partial charge in [0.15, 0.2) is 0 Å². The first-order chi connectivity index (χ1) is 27.3. The van der Waals surface area contributed by atoms with Crippen LogP contribution in [-0.2, 0) is 0 Å². The van der Waals surface area contributed by atoms with E-state index in [-0.39, 0.29) is 0 Å². The van der Waals surface area contributed by atoms with E-state index >= 15 is 0 Å². The quantitative estimate of drug-likeness (QED) is 0.170. The van der Waals surface area contributed by atoms with E-state index in [1.54, 1.807) is 0 Å². The van der Waals surface area contributed by atoms with E-state index in [0.29, 0.717) is 0 Å². The zero-order valence-electron chi connectivity index (χ0n) is 29.8. The van der Waals surface area contributed by atoms with E-state index < -0.39 is 0 Å². The summed E-state index contributed by atoms with van der Waals surface area (Å²) >= 11 is 1.86. The predicted octanol–water partition coefficient (Wildman–Crippen LogP) is 15.6. The minimum atomic E-state index is 0.907. The van der Waals surface area contributed by atoms with Gasteiger partial charge in [-0.1, -0.05) is 152 Å². The lowest BCUT2D eigenvalue weighted by atomic mass is 9.96. The molecule has 0 spiro atoms. The molecule has 0 amide bonds. The minimum absolute atomic E-state index is 0.907. The van der Waals surface area contributed by atoms with Crippen LogP contribution < -0.4 is 4.90 Å². The molecule has 2 heterocycles. The van der Waals surface area contributed by atoms with Gasteiger partial charge in [-0.25, -0.2) is 0 Å². The van der Waals surface area contributed by atoms with Gasteiger partial charge in [0.2, 0.25) is 0 Å². The van der Waals surface area contributed by atoms with Crippen molar-refractivity contribution in [1.29, 1.82) is 0 Å². The number of hydrogen-bond acceptors (Lipinski definition) is 3. The van der Waals surface area contributed by atoms with E-state index in [1.165, 1.54) is 53.2 Å². The third-order valence-electron chi connectivity index (χ3n) is 10.9. The summed E-state index contributed by atoms with van der Waals surface area (Å²) in [5, 5.41) is 7.37. The van der Waals surface area contributed by atoms with Crippen LogP contribution in [0.1, 0.15) is 0 Å². The van der Waals surface area contributed by atoms with Gasteiger partial charge in [0.1, 0.15) is 11.2 Å². The van der Waals surface area contributed by atoms with Crippen molar-refractivity contribution in [3.05, 3.63) is 200 Å². The molecule has 0 aliphatic rings. The molecular formula is C52H33NOS. The number of hydrogen-bond donors (Lipinski definition) is 0. The Labute approximate surface area is 322 Å². The predicted molar refractivity (Wildman–Crippen MR) is 235 cm³/mol. The molecule has 11 aromatic rings. The fraction of sp³-hybridized carbons (Fsp3) is 0. The highest BCUT2D eigenvalue weighted by Crippen LogP contribution is 2.47. The lowest BCUT2D eigenvalue weighted by Gasteiger charge is -2.28. The van der Waals surface area contributed by atoms with Gasteiger partial charge in [-0.3, -0.25) is 0 Å². The maximum atomic E-state index is 6.44. The molecule has 9 aromatic carbocycles. The van der Waals surface area contributed by atoms with Gasteiger partial charge in [0, 0.05) is 53.4 Å². The van der Waals surface area contributed by atoms with Gasteiger partial charge >= 0.3 is 0 Å². The molecule has 0 bridgehead atoms. The van der Waals surface area contributed by atoms with Crippen molar-refractivity contribution in [1.82, 2.24) is 0 Å². The number of benzene rings is 9. The first-order valence-corrected chi connectivity index (χ1v) is 19.5. The fourth-order valence-corrected chi connectivity index (χ4v) is 9.49. The van der Waals surface area contributed by atoms with Gasteiger partial charge in [0.05, 0.1) is 5.69 Å². The number of thiophene rings is 1. The van der Waals surface area contributed by atoms with Crippen molar-refractivity contribution < 1.29 is 4.42 Å². The minimum Gasteiger partial charge on any atom is -0.455 e. The Kier molecular flexibility index (Phi) is 7.39. The third kappa shape index (κ3) is 5.24. The molecule has 3 heteroatoms. The summed E-state index contributed by atoms with van der Waals surface area (Å²) in [5.74, 6) is 0. The number of fused-ring (bicyclic) bond motifs is 7. The Bertz CT molecular complexity index is 3200. The largest absolute Gasteiger partial charge is 0.455 e. The molecule has 2 nitrogen and oxygen atoms in total.